The van der Waals surface area contributed by atoms with E-state index in [1.54, 1.807) is 26.5 Å². The molecule has 0 aliphatic rings. The summed E-state index contributed by atoms with van der Waals surface area (Å²) in [5.41, 5.74) is 5.09. The maximum Gasteiger partial charge on any atom is 0.0406 e. The van der Waals surface area contributed by atoms with Gasteiger partial charge in [0.05, 0.1) is 0 Å². The average Bonchev–Trinajstić information content (AvgIpc) is 2.56. The number of allylic oxidation sites excluding steroid dienone is 2. The second kappa shape index (κ2) is 7.66. The van der Waals surface area contributed by atoms with Crippen molar-refractivity contribution in [2.45, 2.75) is 6.92 Å². The van der Waals surface area contributed by atoms with Gasteiger partial charge in [0.15, 0.2) is 0 Å². The normalized spacial score (nSPS) is 13.4. The van der Waals surface area contributed by atoms with Gasteiger partial charge in [0.2, 0.25) is 0 Å². The van der Waals surface area contributed by atoms with Gasteiger partial charge in [-0.15, -0.1) is 0 Å². The van der Waals surface area contributed by atoms with Crippen LogP contribution in [0.25, 0.3) is 11.1 Å². The number of pyridine rings is 1. The van der Waals surface area contributed by atoms with E-state index in [-0.39, 0.29) is 0 Å². The van der Waals surface area contributed by atoms with E-state index >= 15 is 0 Å². The lowest BCUT2D eigenvalue weighted by Crippen LogP contribution is -2.03. The second-order valence-electron chi connectivity index (χ2n) is 4.73. The first-order chi connectivity index (χ1) is 10.7. The molecule has 4 heteroatoms. The summed E-state index contributed by atoms with van der Waals surface area (Å²) in [4.78, 5) is 12.7. The molecule has 1 aromatic heterocycles. The standard InChI is InChI=1S/C18H18ClN3/c1-13(21-3)18(15-8-10-22-11-9-15)17(12-20-2)14-4-6-16(19)7-5-14/h4-12H,1-3H3/b18-17-,20-12?,21-13?. The fourth-order valence-electron chi connectivity index (χ4n) is 2.23. The Bertz CT molecular complexity index is 714. The van der Waals surface area contributed by atoms with Crippen molar-refractivity contribution in [2.75, 3.05) is 14.1 Å². The summed E-state index contributed by atoms with van der Waals surface area (Å²) in [6.07, 6.45) is 5.41. The Morgan fingerprint density at radius 2 is 1.64 bits per heavy atom. The van der Waals surface area contributed by atoms with Crippen molar-refractivity contribution in [1.82, 2.24) is 4.98 Å². The second-order valence-corrected chi connectivity index (χ2v) is 5.16. The van der Waals surface area contributed by atoms with Crippen LogP contribution in [0, 0.1) is 0 Å². The molecule has 0 bridgehead atoms. The molecule has 0 fully saturated rings. The summed E-state index contributed by atoms with van der Waals surface area (Å²) in [7, 11) is 3.55. The summed E-state index contributed by atoms with van der Waals surface area (Å²) in [6.45, 7) is 2.00. The molecule has 0 saturated carbocycles. The van der Waals surface area contributed by atoms with Crippen molar-refractivity contribution in [3.05, 3.63) is 64.9 Å². The van der Waals surface area contributed by atoms with Crippen LogP contribution in [0.2, 0.25) is 5.02 Å². The number of hydrogen-bond donors (Lipinski definition) is 0. The Kier molecular flexibility index (Phi) is 5.61. The van der Waals surface area contributed by atoms with Gasteiger partial charge in [-0.1, -0.05) is 23.7 Å². The SMILES string of the molecule is CN=C/C(=C(\C(C)=NC)c1ccncc1)c1ccc(Cl)cc1. The summed E-state index contributed by atoms with van der Waals surface area (Å²) in [5, 5.41) is 0.711. The van der Waals surface area contributed by atoms with E-state index in [4.69, 9.17) is 11.6 Å². The van der Waals surface area contributed by atoms with E-state index in [0.29, 0.717) is 5.02 Å². The topological polar surface area (TPSA) is 37.6 Å². The van der Waals surface area contributed by atoms with Crippen molar-refractivity contribution >= 4 is 34.7 Å². The van der Waals surface area contributed by atoms with Crippen molar-refractivity contribution in [3.8, 4) is 0 Å². The van der Waals surface area contributed by atoms with E-state index in [2.05, 4.69) is 15.0 Å². The zero-order chi connectivity index (χ0) is 15.9. The number of halogens is 1. The molecule has 0 aliphatic carbocycles. The molecule has 0 N–H and O–H groups in total. The maximum absolute atomic E-state index is 6.00. The van der Waals surface area contributed by atoms with Crippen molar-refractivity contribution in [3.63, 3.8) is 0 Å². The van der Waals surface area contributed by atoms with E-state index < -0.39 is 0 Å². The highest BCUT2D eigenvalue weighted by atomic mass is 35.5. The van der Waals surface area contributed by atoms with Gasteiger partial charge in [-0.25, -0.2) is 0 Å². The van der Waals surface area contributed by atoms with Crippen molar-refractivity contribution < 1.29 is 0 Å². The minimum atomic E-state index is 0.711. The first-order valence-electron chi connectivity index (χ1n) is 6.94. The third kappa shape index (κ3) is 3.68. The summed E-state index contributed by atoms with van der Waals surface area (Å²) >= 11 is 6.00. The molecule has 0 spiro atoms. The van der Waals surface area contributed by atoms with Crippen LogP contribution < -0.4 is 0 Å². The lowest BCUT2D eigenvalue weighted by molar-refractivity contribution is 1.32. The predicted octanol–water partition coefficient (Wildman–Crippen LogP) is 4.44. The third-order valence-electron chi connectivity index (χ3n) is 3.35. The molecule has 0 unspecified atom stereocenters. The fraction of sp³-hybridized carbons (Fsp3) is 0.167. The highest BCUT2D eigenvalue weighted by molar-refractivity contribution is 6.38. The van der Waals surface area contributed by atoms with Crippen LogP contribution in [0.15, 0.2) is 58.8 Å². The van der Waals surface area contributed by atoms with E-state index in [1.165, 1.54) is 0 Å². The van der Waals surface area contributed by atoms with Gasteiger partial charge in [-0.3, -0.25) is 15.0 Å². The minimum absolute atomic E-state index is 0.711. The number of hydrogen-bond acceptors (Lipinski definition) is 3. The van der Waals surface area contributed by atoms with Crippen LogP contribution >= 0.6 is 11.6 Å². The quantitative estimate of drug-likeness (QED) is 0.769. The van der Waals surface area contributed by atoms with Crippen LogP contribution in [0.1, 0.15) is 18.1 Å². The molecule has 1 aromatic carbocycles. The van der Waals surface area contributed by atoms with Crippen molar-refractivity contribution in [1.29, 1.82) is 0 Å². The monoisotopic (exact) mass is 311 g/mol. The first-order valence-corrected chi connectivity index (χ1v) is 7.31. The van der Waals surface area contributed by atoms with Gasteiger partial charge in [-0.05, 0) is 42.3 Å². The first kappa shape index (κ1) is 16.1. The highest BCUT2D eigenvalue weighted by Crippen LogP contribution is 2.27. The number of aliphatic imine (C=N–C) groups is 2. The molecule has 112 valence electrons. The van der Waals surface area contributed by atoms with Crippen LogP contribution in [-0.4, -0.2) is 31.0 Å². The van der Waals surface area contributed by atoms with Gasteiger partial charge >= 0.3 is 0 Å². The van der Waals surface area contributed by atoms with Crippen LogP contribution in [-0.2, 0) is 0 Å². The van der Waals surface area contributed by atoms with Gasteiger partial charge in [0.1, 0.15) is 0 Å². The summed E-state index contributed by atoms with van der Waals surface area (Å²) < 4.78 is 0. The molecule has 0 atom stereocenters. The maximum atomic E-state index is 6.00. The third-order valence-corrected chi connectivity index (χ3v) is 3.60. The Labute approximate surface area is 136 Å². The van der Waals surface area contributed by atoms with E-state index in [9.17, 15) is 0 Å². The number of aromatic nitrogens is 1. The molecule has 2 rings (SSSR count). The predicted molar refractivity (Wildman–Crippen MR) is 96.0 cm³/mol. The molecular weight excluding hydrogens is 294 g/mol. The van der Waals surface area contributed by atoms with Crippen LogP contribution in [0.4, 0.5) is 0 Å². The molecule has 22 heavy (non-hydrogen) atoms. The fourth-order valence-corrected chi connectivity index (χ4v) is 2.36. The van der Waals surface area contributed by atoms with Crippen molar-refractivity contribution in [2.24, 2.45) is 9.98 Å². The molecule has 3 nitrogen and oxygen atoms in total. The smallest absolute Gasteiger partial charge is 0.0406 e. The molecule has 1 heterocycles. The largest absolute Gasteiger partial charge is 0.296 e. The number of nitrogens with zero attached hydrogens (tertiary/aromatic N) is 3. The zero-order valence-electron chi connectivity index (χ0n) is 12.9. The summed E-state index contributed by atoms with van der Waals surface area (Å²) in [5.74, 6) is 0. The zero-order valence-corrected chi connectivity index (χ0v) is 13.7. The molecule has 0 saturated heterocycles. The molecule has 0 aliphatic heterocycles. The molecule has 0 radical (unpaired) electrons. The highest BCUT2D eigenvalue weighted by Gasteiger charge is 2.13. The van der Waals surface area contributed by atoms with Gasteiger partial charge in [0, 0.05) is 54.6 Å². The Morgan fingerprint density at radius 3 is 2.18 bits per heavy atom. The molecular formula is C18H18ClN3. The van der Waals surface area contributed by atoms with Crippen LogP contribution in [0.3, 0.4) is 0 Å². The molecule has 2 aromatic rings. The Balaban J connectivity index is 2.74. The van der Waals surface area contributed by atoms with Gasteiger partial charge < -0.3 is 0 Å². The van der Waals surface area contributed by atoms with Gasteiger partial charge in [-0.2, -0.15) is 0 Å². The Hall–Kier alpha value is -2.26. The van der Waals surface area contributed by atoms with Gasteiger partial charge in [0.25, 0.3) is 0 Å². The van der Waals surface area contributed by atoms with E-state index in [0.717, 1.165) is 28.0 Å². The Morgan fingerprint density at radius 1 is 1.00 bits per heavy atom. The summed E-state index contributed by atoms with van der Waals surface area (Å²) in [6, 6.07) is 11.7. The number of benzene rings is 1. The van der Waals surface area contributed by atoms with E-state index in [1.807, 2.05) is 49.5 Å². The molecule has 0 amide bonds. The minimum Gasteiger partial charge on any atom is -0.296 e. The number of rotatable bonds is 4. The average molecular weight is 312 g/mol. The lowest BCUT2D eigenvalue weighted by atomic mass is 9.93. The lowest BCUT2D eigenvalue weighted by Gasteiger charge is -2.13. The van der Waals surface area contributed by atoms with Crippen LogP contribution in [0.5, 0.6) is 0 Å².